The van der Waals surface area contributed by atoms with Crippen molar-refractivity contribution in [3.8, 4) is 0 Å². The number of carbonyl (C=O) groups excluding carboxylic acids is 1. The summed E-state index contributed by atoms with van der Waals surface area (Å²) in [5.41, 5.74) is 0.839. The molecule has 1 N–H and O–H groups in total. The maximum absolute atomic E-state index is 11.7. The lowest BCUT2D eigenvalue weighted by atomic mass is 10.0. The second kappa shape index (κ2) is 5.63. The van der Waals surface area contributed by atoms with Crippen molar-refractivity contribution in [3.63, 3.8) is 0 Å². The van der Waals surface area contributed by atoms with Crippen LogP contribution in [0.5, 0.6) is 0 Å². The highest BCUT2D eigenvalue weighted by molar-refractivity contribution is 6.42. The second-order valence-electron chi connectivity index (χ2n) is 4.20. The highest BCUT2D eigenvalue weighted by atomic mass is 35.5. The Bertz CT molecular complexity index is 488. The maximum Gasteiger partial charge on any atom is 0.224 e. The Labute approximate surface area is 116 Å². The molecule has 1 amide bonds. The molecule has 1 saturated heterocycles. The largest absolute Gasteiger partial charge is 0.497 e. The van der Waals surface area contributed by atoms with E-state index in [1.165, 1.54) is 0 Å². The minimum Gasteiger partial charge on any atom is -0.497 e. The van der Waals surface area contributed by atoms with Gasteiger partial charge < -0.3 is 10.1 Å². The second-order valence-corrected chi connectivity index (χ2v) is 5.02. The van der Waals surface area contributed by atoms with E-state index in [0.29, 0.717) is 23.2 Å². The molecule has 1 fully saturated rings. The fourth-order valence-corrected chi connectivity index (χ4v) is 1.95. The summed E-state index contributed by atoms with van der Waals surface area (Å²) < 4.78 is 5.04. The Morgan fingerprint density at radius 1 is 1.44 bits per heavy atom. The van der Waals surface area contributed by atoms with Gasteiger partial charge in [-0.3, -0.25) is 4.79 Å². The van der Waals surface area contributed by atoms with E-state index in [9.17, 15) is 4.79 Å². The van der Waals surface area contributed by atoms with Gasteiger partial charge in [0.15, 0.2) is 0 Å². The molecular weight excluding hydrogens is 273 g/mol. The van der Waals surface area contributed by atoms with E-state index >= 15 is 0 Å². The number of hydrogen-bond acceptors (Lipinski definition) is 2. The highest BCUT2D eigenvalue weighted by Gasteiger charge is 2.24. The van der Waals surface area contributed by atoms with E-state index in [4.69, 9.17) is 27.9 Å². The molecule has 96 valence electrons. The molecule has 1 atom stereocenters. The Balaban J connectivity index is 1.83. The molecule has 1 heterocycles. The van der Waals surface area contributed by atoms with E-state index in [1.54, 1.807) is 18.2 Å². The summed E-state index contributed by atoms with van der Waals surface area (Å²) in [6, 6.07) is 5.18. The Morgan fingerprint density at radius 2 is 2.22 bits per heavy atom. The third kappa shape index (κ3) is 3.18. The topological polar surface area (TPSA) is 38.3 Å². The number of nitrogens with one attached hydrogen (secondary N) is 1. The monoisotopic (exact) mass is 285 g/mol. The third-order valence-electron chi connectivity index (χ3n) is 2.82. The van der Waals surface area contributed by atoms with Crippen molar-refractivity contribution < 1.29 is 9.53 Å². The van der Waals surface area contributed by atoms with Crippen LogP contribution in [0.2, 0.25) is 10.0 Å². The Kier molecular flexibility index (Phi) is 4.15. The first-order valence-corrected chi connectivity index (χ1v) is 6.34. The van der Waals surface area contributed by atoms with Gasteiger partial charge in [-0.15, -0.1) is 0 Å². The predicted octanol–water partition coefficient (Wildman–Crippen LogP) is 2.81. The predicted molar refractivity (Wildman–Crippen MR) is 71.8 cm³/mol. The van der Waals surface area contributed by atoms with Crippen LogP contribution in [0.15, 0.2) is 30.5 Å². The molecule has 3 nitrogen and oxygen atoms in total. The van der Waals surface area contributed by atoms with Gasteiger partial charge in [-0.1, -0.05) is 35.8 Å². The molecule has 1 aliphatic heterocycles. The molecular formula is C13H13Cl2NO2. The van der Waals surface area contributed by atoms with Crippen molar-refractivity contribution in [2.24, 2.45) is 5.92 Å². The van der Waals surface area contributed by atoms with Gasteiger partial charge in [0.1, 0.15) is 0 Å². The normalized spacial score (nSPS) is 17.9. The fourth-order valence-electron chi connectivity index (χ4n) is 1.63. The number of amides is 1. The minimum absolute atomic E-state index is 0.0481. The van der Waals surface area contributed by atoms with Crippen molar-refractivity contribution in [3.05, 3.63) is 46.1 Å². The number of carbonyl (C=O) groups is 1. The Hall–Kier alpha value is -1.19. The molecule has 0 saturated carbocycles. The molecule has 1 aromatic rings. The number of hydrogen-bond donors (Lipinski definition) is 1. The molecule has 0 bridgehead atoms. The summed E-state index contributed by atoms with van der Waals surface area (Å²) in [6.07, 6.45) is 0.289. The van der Waals surface area contributed by atoms with Gasteiger partial charge in [-0.05, 0) is 17.7 Å². The van der Waals surface area contributed by atoms with Crippen LogP contribution < -0.4 is 5.32 Å². The average Bonchev–Trinajstić information content (AvgIpc) is 2.32. The van der Waals surface area contributed by atoms with Crippen molar-refractivity contribution in [2.75, 3.05) is 13.2 Å². The summed E-state index contributed by atoms with van der Waals surface area (Å²) in [4.78, 5) is 11.7. The zero-order valence-electron chi connectivity index (χ0n) is 9.71. The van der Waals surface area contributed by atoms with Crippen molar-refractivity contribution in [2.45, 2.75) is 6.42 Å². The van der Waals surface area contributed by atoms with E-state index in [2.05, 4.69) is 11.9 Å². The molecule has 18 heavy (non-hydrogen) atoms. The van der Waals surface area contributed by atoms with Crippen molar-refractivity contribution in [1.29, 1.82) is 0 Å². The fraction of sp³-hybridized carbons (Fsp3) is 0.308. The summed E-state index contributed by atoms with van der Waals surface area (Å²) in [7, 11) is 0. The smallest absolute Gasteiger partial charge is 0.224 e. The van der Waals surface area contributed by atoms with Crippen LogP contribution in [0, 0.1) is 5.92 Å². The number of halogens is 2. The van der Waals surface area contributed by atoms with Gasteiger partial charge in [0.2, 0.25) is 5.91 Å². The van der Waals surface area contributed by atoms with Crippen LogP contribution in [-0.4, -0.2) is 19.1 Å². The molecule has 1 unspecified atom stereocenters. The third-order valence-corrected chi connectivity index (χ3v) is 3.56. The summed E-state index contributed by atoms with van der Waals surface area (Å²) in [5.74, 6) is 0.931. The summed E-state index contributed by atoms with van der Waals surface area (Å²) in [5, 5.41) is 3.79. The van der Waals surface area contributed by atoms with Crippen LogP contribution in [-0.2, 0) is 16.0 Å². The minimum atomic E-state index is -0.0481. The molecule has 0 aromatic heterocycles. The summed E-state index contributed by atoms with van der Waals surface area (Å²) in [6.45, 7) is 4.92. The van der Waals surface area contributed by atoms with Crippen LogP contribution >= 0.6 is 23.2 Å². The lowest BCUT2D eigenvalue weighted by Crippen LogP contribution is -2.38. The molecule has 1 aromatic carbocycles. The van der Waals surface area contributed by atoms with Gasteiger partial charge in [-0.2, -0.15) is 0 Å². The van der Waals surface area contributed by atoms with Gasteiger partial charge in [-0.25, -0.2) is 0 Å². The van der Waals surface area contributed by atoms with Gasteiger partial charge in [0, 0.05) is 6.54 Å². The first kappa shape index (κ1) is 13.2. The van der Waals surface area contributed by atoms with E-state index < -0.39 is 0 Å². The quantitative estimate of drug-likeness (QED) is 0.924. The first-order valence-electron chi connectivity index (χ1n) is 5.58. The molecule has 0 aliphatic carbocycles. The Morgan fingerprint density at radius 3 is 2.78 bits per heavy atom. The molecule has 2 rings (SSSR count). The van der Waals surface area contributed by atoms with Crippen LogP contribution in [0.25, 0.3) is 0 Å². The zero-order chi connectivity index (χ0) is 13.1. The molecule has 5 heteroatoms. The van der Waals surface area contributed by atoms with Crippen LogP contribution in [0.4, 0.5) is 0 Å². The van der Waals surface area contributed by atoms with Gasteiger partial charge in [0.25, 0.3) is 0 Å². The highest BCUT2D eigenvalue weighted by Crippen LogP contribution is 2.23. The van der Waals surface area contributed by atoms with E-state index in [0.717, 1.165) is 11.3 Å². The number of benzene rings is 1. The van der Waals surface area contributed by atoms with Crippen molar-refractivity contribution >= 4 is 29.1 Å². The number of ether oxygens (including phenoxy) is 1. The summed E-state index contributed by atoms with van der Waals surface area (Å²) >= 11 is 11.7. The lowest BCUT2D eigenvalue weighted by Gasteiger charge is -2.29. The zero-order valence-corrected chi connectivity index (χ0v) is 11.2. The lowest BCUT2D eigenvalue weighted by molar-refractivity contribution is -0.121. The average molecular weight is 286 g/mol. The number of rotatable bonds is 4. The molecule has 1 aliphatic rings. The van der Waals surface area contributed by atoms with Crippen LogP contribution in [0.1, 0.15) is 5.56 Å². The van der Waals surface area contributed by atoms with E-state index in [-0.39, 0.29) is 18.2 Å². The maximum atomic E-state index is 11.7. The van der Waals surface area contributed by atoms with Crippen molar-refractivity contribution in [1.82, 2.24) is 5.32 Å². The standard InChI is InChI=1S/C13H13Cl2NO2/c1-8-10(7-18-8)6-16-13(17)5-9-2-3-11(14)12(15)4-9/h2-4,10H,1,5-7H2,(H,16,17). The SMILES string of the molecule is C=C1OCC1CNC(=O)Cc1ccc(Cl)c(Cl)c1. The molecule has 0 radical (unpaired) electrons. The molecule has 0 spiro atoms. The van der Waals surface area contributed by atoms with Crippen LogP contribution in [0.3, 0.4) is 0 Å². The van der Waals surface area contributed by atoms with Gasteiger partial charge in [0.05, 0.1) is 34.8 Å². The van der Waals surface area contributed by atoms with Gasteiger partial charge >= 0.3 is 0 Å². The first-order chi connectivity index (χ1) is 8.56. The van der Waals surface area contributed by atoms with E-state index in [1.807, 2.05) is 0 Å².